The van der Waals surface area contributed by atoms with Gasteiger partial charge in [0, 0.05) is 18.1 Å². The minimum absolute atomic E-state index is 0.0309. The minimum Gasteiger partial charge on any atom is -0.477 e. The molecule has 2 aliphatic heterocycles. The summed E-state index contributed by atoms with van der Waals surface area (Å²) >= 11 is 2.30. The summed E-state index contributed by atoms with van der Waals surface area (Å²) in [6.45, 7) is 1.22. The van der Waals surface area contributed by atoms with Crippen molar-refractivity contribution >= 4 is 57.7 Å². The molecule has 14 heteroatoms. The average molecular weight is 467 g/mol. The molecule has 1 aromatic heterocycles. The van der Waals surface area contributed by atoms with Gasteiger partial charge in [0.2, 0.25) is 0 Å². The summed E-state index contributed by atoms with van der Waals surface area (Å²) < 4.78 is 4.77. The maximum absolute atomic E-state index is 12.6. The summed E-state index contributed by atoms with van der Waals surface area (Å²) in [5, 5.41) is 25.1. The zero-order chi connectivity index (χ0) is 22.7. The number of carbonyl (C=O) groups is 4. The molecule has 3 rings (SSSR count). The quantitative estimate of drug-likeness (QED) is 0.137. The molecule has 2 atom stereocenters. The Morgan fingerprint density at radius 2 is 2.23 bits per heavy atom. The number of nitrogens with two attached hydrogens (primary N) is 1. The first-order valence-electron chi connectivity index (χ1n) is 8.70. The Balaban J connectivity index is 1.74. The number of anilines is 1. The van der Waals surface area contributed by atoms with Gasteiger partial charge in [-0.05, 0) is 11.6 Å². The molecule has 12 nitrogen and oxygen atoms in total. The minimum atomic E-state index is -1.30. The van der Waals surface area contributed by atoms with Crippen LogP contribution in [0.3, 0.4) is 0 Å². The summed E-state index contributed by atoms with van der Waals surface area (Å²) in [4.78, 5) is 52.7. The number of nitrogen functional groups attached to an aromatic ring is 1. The fourth-order valence-corrected chi connectivity index (χ4v) is 4.81. The number of β-lactam (4-membered cyclic amide) rings is 1. The first kappa shape index (κ1) is 22.3. The van der Waals surface area contributed by atoms with Crippen LogP contribution in [-0.2, 0) is 23.9 Å². The van der Waals surface area contributed by atoms with Crippen LogP contribution in [0.2, 0.25) is 0 Å². The molecule has 0 saturated carbocycles. The Labute approximate surface area is 183 Å². The first-order chi connectivity index (χ1) is 14.7. The molecule has 31 heavy (non-hydrogen) atoms. The van der Waals surface area contributed by atoms with E-state index in [-0.39, 0.29) is 28.9 Å². The summed E-state index contributed by atoms with van der Waals surface area (Å²) in [7, 11) is 0. The van der Waals surface area contributed by atoms with E-state index in [2.05, 4.69) is 15.5 Å². The second kappa shape index (κ2) is 9.18. The molecule has 1 fully saturated rings. The zero-order valence-corrected chi connectivity index (χ0v) is 17.6. The van der Waals surface area contributed by atoms with Crippen LogP contribution in [0.25, 0.3) is 0 Å². The largest absolute Gasteiger partial charge is 0.477 e. The first-order valence-corrected chi connectivity index (χ1v) is 10.6. The highest BCUT2D eigenvalue weighted by Gasteiger charge is 2.54. The van der Waals surface area contributed by atoms with Crippen molar-refractivity contribution in [3.05, 3.63) is 34.5 Å². The van der Waals surface area contributed by atoms with Gasteiger partial charge in [0.25, 0.3) is 11.8 Å². The maximum atomic E-state index is 12.6. The van der Waals surface area contributed by atoms with Crippen LogP contribution >= 0.6 is 23.1 Å². The molecule has 0 unspecified atom stereocenters. The van der Waals surface area contributed by atoms with Gasteiger partial charge in [0.1, 0.15) is 29.4 Å². The van der Waals surface area contributed by atoms with Gasteiger partial charge in [0.15, 0.2) is 10.8 Å². The van der Waals surface area contributed by atoms with E-state index in [0.717, 1.165) is 16.2 Å². The monoisotopic (exact) mass is 467 g/mol. The van der Waals surface area contributed by atoms with E-state index in [4.69, 9.17) is 10.5 Å². The Morgan fingerprint density at radius 3 is 2.81 bits per heavy atom. The number of thioether (sulfide) groups is 1. The number of esters is 1. The van der Waals surface area contributed by atoms with Crippen molar-refractivity contribution < 1.29 is 34.2 Å². The van der Waals surface area contributed by atoms with Gasteiger partial charge in [-0.25, -0.2) is 9.78 Å². The van der Waals surface area contributed by atoms with Crippen molar-refractivity contribution in [2.75, 3.05) is 18.1 Å². The van der Waals surface area contributed by atoms with Crippen LogP contribution in [0, 0.1) is 0 Å². The van der Waals surface area contributed by atoms with E-state index in [9.17, 15) is 29.5 Å². The number of fused-ring (bicyclic) bond motifs is 1. The molecule has 0 aromatic carbocycles. The molecule has 0 radical (unpaired) electrons. The van der Waals surface area contributed by atoms with Crippen molar-refractivity contribution in [2.24, 2.45) is 5.16 Å². The van der Waals surface area contributed by atoms with Crippen molar-refractivity contribution in [3.63, 3.8) is 0 Å². The number of aromatic nitrogens is 1. The summed E-state index contributed by atoms with van der Waals surface area (Å²) in [6.07, 6.45) is 2.96. The van der Waals surface area contributed by atoms with Crippen molar-refractivity contribution in [1.82, 2.24) is 15.2 Å². The number of allylic oxidation sites excluding steroid dienone is 1. The number of carbonyl (C=O) groups excluding carboxylic acids is 3. The lowest BCUT2D eigenvalue weighted by Gasteiger charge is -2.49. The average Bonchev–Trinajstić information content (AvgIpc) is 3.14. The van der Waals surface area contributed by atoms with Crippen molar-refractivity contribution in [1.29, 1.82) is 0 Å². The van der Waals surface area contributed by atoms with Crippen LogP contribution in [0.5, 0.6) is 0 Å². The molecule has 0 aliphatic carbocycles. The predicted octanol–water partition coefficient (Wildman–Crippen LogP) is -0.238. The zero-order valence-electron chi connectivity index (χ0n) is 16.0. The molecule has 0 bridgehead atoms. The number of carboxylic acids is 1. The van der Waals surface area contributed by atoms with Gasteiger partial charge in [-0.3, -0.25) is 19.3 Å². The van der Waals surface area contributed by atoms with Crippen molar-refractivity contribution in [2.45, 2.75) is 18.3 Å². The molecule has 2 aliphatic rings. The van der Waals surface area contributed by atoms with E-state index in [1.54, 1.807) is 0 Å². The van der Waals surface area contributed by atoms with Crippen LogP contribution < -0.4 is 11.1 Å². The molecular weight excluding hydrogens is 450 g/mol. The fourth-order valence-electron chi connectivity index (χ4n) is 2.95. The third-order valence-electron chi connectivity index (χ3n) is 4.27. The number of amides is 2. The van der Waals surface area contributed by atoms with E-state index in [0.29, 0.717) is 5.57 Å². The highest BCUT2D eigenvalue weighted by atomic mass is 32.2. The van der Waals surface area contributed by atoms with Gasteiger partial charge >= 0.3 is 11.9 Å². The lowest BCUT2D eigenvalue weighted by molar-refractivity contribution is -0.150. The number of aliphatic carboxylic acids is 1. The van der Waals surface area contributed by atoms with Gasteiger partial charge in [-0.2, -0.15) is 0 Å². The smallest absolute Gasteiger partial charge is 0.352 e. The maximum Gasteiger partial charge on any atom is 0.352 e. The van der Waals surface area contributed by atoms with E-state index >= 15 is 0 Å². The Kier molecular flexibility index (Phi) is 6.60. The standard InChI is InChI=1S/C17H17N5O7S2/c1-7(23)29-4-2-3-8-5-30-15-11(14(25)22(15)12(8)16(26)27)20-13(24)10(21-28)9-6-31-17(18)19-9/h2-3,6,11,15,28H,4-5H2,1H3,(H2,18,19)(H,20,24)(H,26,27)/b3-2+,21-10-/t11-,15+/m1/s1. The number of rotatable bonds is 7. The number of ether oxygens (including phenoxy) is 1. The third kappa shape index (κ3) is 4.54. The topological polar surface area (TPSA) is 185 Å². The highest BCUT2D eigenvalue weighted by molar-refractivity contribution is 8.00. The molecule has 1 aromatic rings. The lowest BCUT2D eigenvalue weighted by atomic mass is 10.0. The molecule has 164 valence electrons. The number of hydrogen-bond acceptors (Lipinski definition) is 11. The number of nitrogens with one attached hydrogen (secondary N) is 1. The Bertz CT molecular complexity index is 1030. The molecule has 3 heterocycles. The number of nitrogens with zero attached hydrogens (tertiary/aromatic N) is 3. The van der Waals surface area contributed by atoms with E-state index < -0.39 is 40.9 Å². The number of oxime groups is 1. The fraction of sp³-hybridized carbons (Fsp3) is 0.294. The molecule has 2 amide bonds. The SMILES string of the molecule is CC(=O)OC/C=C/C1=C(C(=O)O)N2C(=O)[C@@H](NC(=O)/C(=N\O)c3csc(N)n3)[C@@H]2SC1. The predicted molar refractivity (Wildman–Crippen MR) is 110 cm³/mol. The molecule has 0 spiro atoms. The normalized spacial score (nSPS) is 21.0. The highest BCUT2D eigenvalue weighted by Crippen LogP contribution is 2.40. The second-order valence-corrected chi connectivity index (χ2v) is 8.26. The summed E-state index contributed by atoms with van der Waals surface area (Å²) in [5.74, 6) is -2.99. The van der Waals surface area contributed by atoms with Crippen LogP contribution in [0.4, 0.5) is 5.13 Å². The van der Waals surface area contributed by atoms with Gasteiger partial charge < -0.3 is 26.1 Å². The van der Waals surface area contributed by atoms with Gasteiger partial charge in [0.05, 0.1) is 0 Å². The number of thiazole rings is 1. The third-order valence-corrected chi connectivity index (χ3v) is 6.24. The lowest BCUT2D eigenvalue weighted by Crippen LogP contribution is -2.71. The second-order valence-electron chi connectivity index (χ2n) is 6.26. The Hall–Kier alpha value is -3.39. The van der Waals surface area contributed by atoms with Gasteiger partial charge in [-0.1, -0.05) is 11.2 Å². The summed E-state index contributed by atoms with van der Waals surface area (Å²) in [6, 6.07) is -1.01. The molecular formula is C17H17N5O7S2. The van der Waals surface area contributed by atoms with Gasteiger partial charge in [-0.15, -0.1) is 23.1 Å². The summed E-state index contributed by atoms with van der Waals surface area (Å²) in [5.41, 5.74) is 5.32. The van der Waals surface area contributed by atoms with Crippen LogP contribution in [0.15, 0.2) is 34.0 Å². The molecule has 5 N–H and O–H groups in total. The van der Waals surface area contributed by atoms with Crippen LogP contribution in [-0.4, -0.2) is 73.4 Å². The van der Waals surface area contributed by atoms with E-state index in [1.165, 1.54) is 36.2 Å². The van der Waals surface area contributed by atoms with Crippen molar-refractivity contribution in [3.8, 4) is 0 Å². The van der Waals surface area contributed by atoms with E-state index in [1.807, 2.05) is 0 Å². The van der Waals surface area contributed by atoms with Crippen LogP contribution in [0.1, 0.15) is 12.6 Å². The Morgan fingerprint density at radius 1 is 1.48 bits per heavy atom. The molecule has 1 saturated heterocycles. The number of carboxylic acid groups (broad SMARTS) is 1. The number of hydrogen-bond donors (Lipinski definition) is 4.